The number of aromatic nitrogens is 8. The lowest BCUT2D eigenvalue weighted by atomic mass is 10.0. The summed E-state index contributed by atoms with van der Waals surface area (Å²) in [6, 6.07) is 16.4. The van der Waals surface area contributed by atoms with Crippen molar-refractivity contribution in [2.45, 2.75) is 259 Å². The number of amides is 2. The molecule has 0 radical (unpaired) electrons. The maximum absolute atomic E-state index is 13.1. The van der Waals surface area contributed by atoms with Gasteiger partial charge in [-0.15, -0.1) is 0 Å². The number of halogens is 1. The van der Waals surface area contributed by atoms with Crippen molar-refractivity contribution in [2.24, 2.45) is 0 Å². The highest BCUT2D eigenvalue weighted by Gasteiger charge is 2.48. The van der Waals surface area contributed by atoms with Crippen molar-refractivity contribution in [2.75, 3.05) is 83.7 Å². The molecule has 110 heavy (non-hydrogen) atoms. The maximum atomic E-state index is 13.1. The molecule has 0 aliphatic carbocycles. The third-order valence-electron chi connectivity index (χ3n) is 15.8. The summed E-state index contributed by atoms with van der Waals surface area (Å²) in [5.74, 6) is 2.87. The molecule has 2 amide bonds. The Bertz CT molecular complexity index is 3790. The van der Waals surface area contributed by atoms with E-state index in [2.05, 4.69) is 191 Å². The van der Waals surface area contributed by atoms with Crippen molar-refractivity contribution in [1.29, 1.82) is 2.86 Å². The number of rotatable bonds is 34. The summed E-state index contributed by atoms with van der Waals surface area (Å²) in [4.78, 5) is 73.1. The first-order valence-electron chi connectivity index (χ1n) is 38.9. The van der Waals surface area contributed by atoms with Crippen LogP contribution in [0.15, 0.2) is 70.8 Å². The van der Waals surface area contributed by atoms with Gasteiger partial charge < -0.3 is 57.9 Å². The monoisotopic (exact) mass is 1680 g/mol. The van der Waals surface area contributed by atoms with Gasteiger partial charge in [0.15, 0.2) is 48.0 Å². The van der Waals surface area contributed by atoms with Gasteiger partial charge in [0.25, 0.3) is 31.5 Å². The molecule has 2 aromatic carbocycles. The molecule has 8 N–H and O–H groups in total. The van der Waals surface area contributed by atoms with Crippen LogP contribution in [-0.2, 0) is 37.6 Å². The largest absolute Gasteiger partial charge is 0.484 e. The van der Waals surface area contributed by atoms with Crippen LogP contribution in [0.1, 0.15) is 202 Å². The van der Waals surface area contributed by atoms with Crippen LogP contribution in [0.2, 0.25) is 0 Å². The number of nitrogens with zero attached hydrogens (tertiary/aromatic N) is 8. The van der Waals surface area contributed by atoms with Gasteiger partial charge in [-0.25, -0.2) is 14.6 Å². The van der Waals surface area contributed by atoms with Gasteiger partial charge in [0.1, 0.15) is 35.9 Å². The van der Waals surface area contributed by atoms with Crippen LogP contribution in [-0.4, -0.2) is 227 Å². The molecule has 4 unspecified atom stereocenters. The van der Waals surface area contributed by atoms with Gasteiger partial charge >= 0.3 is 0 Å². The number of carbonyl (C=O) groups excluding carboxylic acids is 2. The predicted octanol–water partition coefficient (Wildman–Crippen LogP) is 14.9. The highest BCUT2D eigenvalue weighted by atomic mass is 35.7. The summed E-state index contributed by atoms with van der Waals surface area (Å²) < 4.78 is 83.5. The van der Waals surface area contributed by atoms with E-state index in [9.17, 15) is 24.3 Å². The Kier molecular flexibility index (Phi) is 42.5. The first-order valence-corrected chi connectivity index (χ1v) is 45.1. The Morgan fingerprint density at radius 1 is 0.655 bits per heavy atom. The van der Waals surface area contributed by atoms with Crippen molar-refractivity contribution < 1.29 is 70.2 Å². The molecule has 6 aromatic rings. The van der Waals surface area contributed by atoms with E-state index in [1.807, 2.05) is 79.6 Å². The Morgan fingerprint density at radius 2 is 1.05 bits per heavy atom. The van der Waals surface area contributed by atoms with Gasteiger partial charge in [-0.2, -0.15) is 9.97 Å². The Morgan fingerprint density at radius 3 is 1.41 bits per heavy atom. The molecule has 10 atom stereocenters. The van der Waals surface area contributed by atoms with Crippen molar-refractivity contribution in [3.05, 3.63) is 93.0 Å². The van der Waals surface area contributed by atoms with Gasteiger partial charge in [-0.1, -0.05) is 148 Å². The van der Waals surface area contributed by atoms with Crippen LogP contribution in [0.25, 0.3) is 22.3 Å². The number of anilines is 2. The number of aliphatic hydroxyl groups excluding tert-OH is 4. The number of fused-ring (bicyclic) bond motifs is 2. The first kappa shape index (κ1) is 92.9. The minimum Gasteiger partial charge on any atom is -0.484 e. The Hall–Kier alpha value is -4.25. The molecule has 2 aliphatic heterocycles. The fourth-order valence-electron chi connectivity index (χ4n) is 11.0. The molecule has 6 heterocycles. The van der Waals surface area contributed by atoms with Gasteiger partial charge in [0.05, 0.1) is 38.9 Å². The molecule has 8 rings (SSSR count). The molecule has 2 fully saturated rings. The lowest BCUT2D eigenvalue weighted by Crippen LogP contribution is -2.39. The van der Waals surface area contributed by atoms with Gasteiger partial charge in [-0.05, 0) is 149 Å². The van der Waals surface area contributed by atoms with Gasteiger partial charge in [0.2, 0.25) is 14.8 Å². The van der Waals surface area contributed by atoms with Crippen LogP contribution >= 0.6 is 70.4 Å². The third kappa shape index (κ3) is 32.8. The lowest BCUT2D eigenvalue weighted by Gasteiger charge is -2.38. The van der Waals surface area contributed by atoms with E-state index < -0.39 is 88.0 Å². The molecule has 624 valence electrons. The lowest BCUT2D eigenvalue weighted by molar-refractivity contribution is -0.118. The SMILES string of the molecule is CC(C)(C)SSCCCCO.CC(C)N(C(C)C)P(C)Cl.[2H]C[C@H]1O[C@@H](n2cnc3c(=O)[nH]c(NC(=O)COc4ccc(C(C)C)cc4)nc32)C(OC)[C@H]1O.[2H]C[C@H]1O[C@@H](n2cnc3c(=O)[nH]c(NC(=O)COc4ccc(C(C)C)cc4)nc32)C(OC)[C@H]1OP(OCCCCSSC(C)(C)C)N(C(C)C)C(C)C.[3H]OC.[3H]OC. The number of carbonyl (C=O) groups is 2. The number of hydrogen-bond acceptors (Lipinski definition) is 26. The summed E-state index contributed by atoms with van der Waals surface area (Å²) >= 11 is 6.02. The van der Waals surface area contributed by atoms with Crippen LogP contribution in [0.4, 0.5) is 11.9 Å². The molecule has 0 bridgehead atoms. The summed E-state index contributed by atoms with van der Waals surface area (Å²) in [6.45, 7) is 41.0. The molecule has 0 spiro atoms. The average Bonchev–Trinajstić information content (AvgIpc) is 1.61. The number of benzene rings is 2. The fourth-order valence-corrected chi connectivity index (χ4v) is 19.9. The third-order valence-corrected chi connectivity index (χ3v) is 26.9. The zero-order valence-electron chi connectivity index (χ0n) is 72.4. The maximum Gasteiger partial charge on any atom is 0.280 e. The van der Waals surface area contributed by atoms with Crippen LogP contribution in [0.3, 0.4) is 0 Å². The summed E-state index contributed by atoms with van der Waals surface area (Å²) in [6.07, 6.45) is 0.475. The smallest absolute Gasteiger partial charge is 0.280 e. The van der Waals surface area contributed by atoms with Crippen LogP contribution in [0, 0.1) is 0 Å². The molecular weight excluding hydrogens is 1550 g/mol. The van der Waals surface area contributed by atoms with E-state index in [0.29, 0.717) is 53.4 Å². The molecular formula is C75H127ClN12O16P2S4. The zero-order chi connectivity index (χ0) is 85.7. The number of aromatic amines is 2. The van der Waals surface area contributed by atoms with Crippen LogP contribution < -0.4 is 31.2 Å². The van der Waals surface area contributed by atoms with Gasteiger partial charge in [-0.3, -0.25) is 53.6 Å². The van der Waals surface area contributed by atoms with E-state index in [1.54, 1.807) is 23.8 Å². The first-order chi connectivity index (χ1) is 53.8. The van der Waals surface area contributed by atoms with Crippen molar-refractivity contribution in [3.63, 3.8) is 0 Å². The Balaban J connectivity index is 0.000000464. The molecule has 2 aliphatic rings. The topological polar surface area (TPSA) is 347 Å². The van der Waals surface area contributed by atoms with Crippen LogP contribution in [0.5, 0.6) is 11.5 Å². The zero-order valence-corrected chi connectivity index (χ0v) is 74.2. The average molecular weight is 1680 g/mol. The quantitative estimate of drug-likeness (QED) is 0.0106. The second-order valence-electron chi connectivity index (χ2n) is 29.0. The van der Waals surface area contributed by atoms with Crippen molar-refractivity contribution in [1.82, 2.24) is 48.4 Å². The highest BCUT2D eigenvalue weighted by molar-refractivity contribution is 8.77. The number of methoxy groups -OCH3 is 2. The van der Waals surface area contributed by atoms with E-state index in [0.717, 1.165) is 48.3 Å². The molecule has 4 aromatic heterocycles. The predicted molar refractivity (Wildman–Crippen MR) is 454 cm³/mol. The fraction of sp³-hybridized carbons (Fsp3) is 0.680. The minimum absolute atomic E-state index is 0.0294. The highest BCUT2D eigenvalue weighted by Crippen LogP contribution is 2.51. The van der Waals surface area contributed by atoms with Crippen molar-refractivity contribution >= 4 is 116 Å². The standard InChI is InChI=1S/C36H57N6O7PS2.C22H27N5O6.C8H18OS2.C7H17ClNP.2CH4O/c1-22(2)26-14-16-27(17-15-26)46-20-28(43)38-35-39-32-29(33(44)40-35)37-21-41(32)34-31(45-11)30(25(7)48-34)49-50(42(23(3)4)24(5)6)47-18-12-13-19-51-52-36(8,9)10;1-11(2)13-5-7-14(8-6-13)32-9-15(28)24-22-25-19-16(20(30)26-22)23-10-27(19)21-18(31-4)17(29)12(3)33-21;1-8(2,3)11-10-7-5-4-6-9;1-6(2)9(7(3)4)10(5)8;2*1-2/h14-17,21-25,30-31,34H,12-13,18-20H2,1-11H3,(H2,38,39,40,43,44);5-8,10-12,17-18,21,29H,9H2,1-4H3,(H2,24,25,26,28,30);9H,4-7H2,1-3H3;6-7H,1-5H3;2*2H,1H3/t25-,30+,31?,34-,50?;12-,17+,18?,21-;;;;/m11..../s1/i7D;3D;;;2*2T. The van der Waals surface area contributed by atoms with Gasteiger partial charge in [0, 0.05) is 83.0 Å². The van der Waals surface area contributed by atoms with E-state index >= 15 is 0 Å². The second kappa shape index (κ2) is 50.3. The number of H-pyrrole nitrogens is 2. The van der Waals surface area contributed by atoms with Crippen molar-refractivity contribution in [3.8, 4) is 11.5 Å². The molecule has 35 heteroatoms. The minimum atomic E-state index is -1.56. The molecule has 0 saturated carbocycles. The number of ether oxygens (including phenoxy) is 6. The number of unbranched alkanes of at least 4 members (excludes halogenated alkanes) is 2. The van der Waals surface area contributed by atoms with E-state index in [-0.39, 0.29) is 78.1 Å². The Labute approximate surface area is 680 Å². The number of hydrogen-bond donors (Lipinski definition) is 8. The number of imidazole rings is 2. The van der Waals surface area contributed by atoms with E-state index in [1.165, 1.54) is 38.6 Å². The second-order valence-corrected chi connectivity index (χ2v) is 39.7. The summed E-state index contributed by atoms with van der Waals surface area (Å²) in [5.41, 5.74) is 1.62. The number of aliphatic hydroxyl groups is 4. The molecule has 28 nitrogen and oxygen atoms in total. The normalized spacial score (nSPS) is 19.5. The molecule has 2 saturated heterocycles. The summed E-state index contributed by atoms with van der Waals surface area (Å²) in [5, 5.41) is 31.0. The summed E-state index contributed by atoms with van der Waals surface area (Å²) in [7, 11) is 11.2. The van der Waals surface area contributed by atoms with E-state index in [4.69, 9.17) is 59.4 Å². The number of nitrogens with one attached hydrogen (secondary N) is 4.